The topological polar surface area (TPSA) is 0 Å². The van der Waals surface area contributed by atoms with E-state index in [2.05, 4.69) is 0 Å². The van der Waals surface area contributed by atoms with E-state index in [1.165, 1.54) is 0 Å². The van der Waals surface area contributed by atoms with Crippen molar-refractivity contribution in [2.75, 3.05) is 0 Å². The average Bonchev–Trinajstić information content (AvgIpc) is 2.30. The van der Waals surface area contributed by atoms with Gasteiger partial charge >= 0.3 is 0 Å². The van der Waals surface area contributed by atoms with Crippen LogP contribution in [0.3, 0.4) is 0 Å². The molecule has 0 saturated heterocycles. The molecule has 0 bridgehead atoms. The van der Waals surface area contributed by atoms with E-state index in [0.717, 1.165) is 11.0 Å². The van der Waals surface area contributed by atoms with Crippen molar-refractivity contribution in [2.45, 2.75) is 6.82 Å². The summed E-state index contributed by atoms with van der Waals surface area (Å²) < 4.78 is 13.7. The van der Waals surface area contributed by atoms with Gasteiger partial charge in [0, 0.05) is 5.56 Å². The molecule has 0 aromatic heterocycles. The fourth-order valence-corrected chi connectivity index (χ4v) is 1.56. The van der Waals surface area contributed by atoms with Crippen molar-refractivity contribution in [3.8, 4) is 11.1 Å². The minimum atomic E-state index is -0.170. The fourth-order valence-electron chi connectivity index (χ4n) is 1.56. The van der Waals surface area contributed by atoms with Gasteiger partial charge in [-0.15, -0.1) is 0 Å². The van der Waals surface area contributed by atoms with Crippen LogP contribution < -0.4 is 5.46 Å². The highest BCUT2D eigenvalue weighted by Crippen LogP contribution is 2.20. The predicted molar refractivity (Wildman–Crippen MR) is 63.1 cm³/mol. The molecule has 0 atom stereocenters. The lowest BCUT2D eigenvalue weighted by Crippen LogP contribution is -2.10. The van der Waals surface area contributed by atoms with Gasteiger partial charge in [0.2, 0.25) is 0 Å². The first-order valence-electron chi connectivity index (χ1n) is 4.95. The molecule has 0 amide bonds. The highest BCUT2D eigenvalue weighted by atomic mass is 19.1. The Kier molecular flexibility index (Phi) is 2.86. The number of benzene rings is 2. The van der Waals surface area contributed by atoms with Gasteiger partial charge in [-0.1, -0.05) is 54.8 Å². The first-order chi connectivity index (χ1) is 7.31. The Hall–Kier alpha value is -1.57. The van der Waals surface area contributed by atoms with E-state index >= 15 is 0 Å². The molecule has 0 aliphatic heterocycles. The number of rotatable bonds is 2. The van der Waals surface area contributed by atoms with Crippen LogP contribution in [0.2, 0.25) is 6.82 Å². The second kappa shape index (κ2) is 4.30. The van der Waals surface area contributed by atoms with E-state index < -0.39 is 0 Å². The van der Waals surface area contributed by atoms with Crippen LogP contribution in [0.1, 0.15) is 0 Å². The van der Waals surface area contributed by atoms with E-state index in [1.807, 2.05) is 56.6 Å². The molecule has 2 heteroatoms. The quantitative estimate of drug-likeness (QED) is 0.649. The maximum absolute atomic E-state index is 13.7. The molecule has 2 aromatic carbocycles. The molecule has 0 saturated carbocycles. The molecule has 2 rings (SSSR count). The van der Waals surface area contributed by atoms with Gasteiger partial charge in [-0.3, -0.25) is 0 Å². The van der Waals surface area contributed by atoms with Gasteiger partial charge in [-0.2, -0.15) is 0 Å². The van der Waals surface area contributed by atoms with Crippen molar-refractivity contribution >= 4 is 12.7 Å². The van der Waals surface area contributed by atoms with Crippen molar-refractivity contribution in [1.29, 1.82) is 0 Å². The standard InChI is InChI=1S/C13H11BF/c1-14-11-7-8-12(13(15)9-11)10-5-3-2-4-6-10/h2-9H,1H3. The molecule has 15 heavy (non-hydrogen) atoms. The smallest absolute Gasteiger partial charge is 0.148 e. The van der Waals surface area contributed by atoms with Crippen LogP contribution in [0.25, 0.3) is 11.1 Å². The van der Waals surface area contributed by atoms with E-state index in [0.29, 0.717) is 5.56 Å². The van der Waals surface area contributed by atoms with Gasteiger partial charge < -0.3 is 0 Å². The first kappa shape index (κ1) is 9.97. The molecule has 2 aromatic rings. The predicted octanol–water partition coefficient (Wildman–Crippen LogP) is 2.87. The van der Waals surface area contributed by atoms with Crippen molar-refractivity contribution in [2.24, 2.45) is 0 Å². The van der Waals surface area contributed by atoms with Gasteiger partial charge in [0.1, 0.15) is 13.1 Å². The van der Waals surface area contributed by atoms with Gasteiger partial charge in [-0.25, -0.2) is 4.39 Å². The minimum absolute atomic E-state index is 0.170. The summed E-state index contributed by atoms with van der Waals surface area (Å²) in [5.74, 6) is -0.170. The zero-order valence-corrected chi connectivity index (χ0v) is 8.57. The molecule has 0 nitrogen and oxygen atoms in total. The Morgan fingerprint density at radius 3 is 2.33 bits per heavy atom. The molecule has 0 N–H and O–H groups in total. The maximum Gasteiger partial charge on any atom is 0.148 e. The first-order valence-corrected chi connectivity index (χ1v) is 4.95. The van der Waals surface area contributed by atoms with Crippen LogP contribution in [0.15, 0.2) is 48.5 Å². The zero-order valence-electron chi connectivity index (χ0n) is 8.57. The molecule has 1 radical (unpaired) electrons. The lowest BCUT2D eigenvalue weighted by molar-refractivity contribution is 0.632. The van der Waals surface area contributed by atoms with Crippen molar-refractivity contribution in [3.63, 3.8) is 0 Å². The summed E-state index contributed by atoms with van der Waals surface area (Å²) in [4.78, 5) is 0. The lowest BCUT2D eigenvalue weighted by atomic mass is 9.73. The molecule has 0 unspecified atom stereocenters. The average molecular weight is 197 g/mol. The summed E-state index contributed by atoms with van der Waals surface area (Å²) in [7, 11) is 1.89. The molecule has 0 aliphatic rings. The van der Waals surface area contributed by atoms with Crippen LogP contribution in [-0.2, 0) is 0 Å². The second-order valence-electron chi connectivity index (χ2n) is 3.39. The van der Waals surface area contributed by atoms with Crippen LogP contribution in [-0.4, -0.2) is 7.28 Å². The Bertz CT molecular complexity index is 451. The third kappa shape index (κ3) is 2.09. The van der Waals surface area contributed by atoms with Crippen LogP contribution in [0.5, 0.6) is 0 Å². The number of halogens is 1. The summed E-state index contributed by atoms with van der Waals surface area (Å²) in [6, 6.07) is 14.9. The molecule has 0 fully saturated rings. The Balaban J connectivity index is 2.46. The van der Waals surface area contributed by atoms with E-state index in [-0.39, 0.29) is 5.82 Å². The van der Waals surface area contributed by atoms with Gasteiger partial charge in [0.25, 0.3) is 0 Å². The molecular weight excluding hydrogens is 186 g/mol. The van der Waals surface area contributed by atoms with Gasteiger partial charge in [0.05, 0.1) is 0 Å². The van der Waals surface area contributed by atoms with Gasteiger partial charge in [-0.05, 0) is 11.6 Å². The van der Waals surface area contributed by atoms with E-state index in [4.69, 9.17) is 0 Å². The second-order valence-corrected chi connectivity index (χ2v) is 3.39. The highest BCUT2D eigenvalue weighted by molar-refractivity contribution is 6.51. The normalized spacial score (nSPS) is 10.0. The van der Waals surface area contributed by atoms with E-state index in [1.54, 1.807) is 6.07 Å². The summed E-state index contributed by atoms with van der Waals surface area (Å²) in [5, 5.41) is 0. The Morgan fingerprint density at radius 1 is 1.00 bits per heavy atom. The molecule has 0 spiro atoms. The van der Waals surface area contributed by atoms with Crippen LogP contribution in [0, 0.1) is 5.82 Å². The molecular formula is C13H11BF. The van der Waals surface area contributed by atoms with Crippen molar-refractivity contribution in [1.82, 2.24) is 0 Å². The lowest BCUT2D eigenvalue weighted by Gasteiger charge is -2.04. The summed E-state index contributed by atoms with van der Waals surface area (Å²) in [6.45, 7) is 1.90. The van der Waals surface area contributed by atoms with Crippen molar-refractivity contribution < 1.29 is 4.39 Å². The highest BCUT2D eigenvalue weighted by Gasteiger charge is 2.04. The molecule has 0 heterocycles. The van der Waals surface area contributed by atoms with Gasteiger partial charge in [0.15, 0.2) is 0 Å². The maximum atomic E-state index is 13.7. The molecule has 73 valence electrons. The van der Waals surface area contributed by atoms with Crippen molar-refractivity contribution in [3.05, 3.63) is 54.3 Å². The summed E-state index contributed by atoms with van der Waals surface area (Å²) >= 11 is 0. The largest absolute Gasteiger partial charge is 0.206 e. The Morgan fingerprint density at radius 2 is 1.73 bits per heavy atom. The zero-order chi connectivity index (χ0) is 10.7. The number of hydrogen-bond acceptors (Lipinski definition) is 0. The van der Waals surface area contributed by atoms with E-state index in [9.17, 15) is 4.39 Å². The summed E-state index contributed by atoms with van der Waals surface area (Å²) in [5.41, 5.74) is 2.48. The summed E-state index contributed by atoms with van der Waals surface area (Å²) in [6.07, 6.45) is 0. The SMILES string of the molecule is C[B]c1ccc(-c2ccccc2)c(F)c1. The third-order valence-corrected chi connectivity index (χ3v) is 2.41. The number of hydrogen-bond donors (Lipinski definition) is 0. The monoisotopic (exact) mass is 197 g/mol. The fraction of sp³-hybridized carbons (Fsp3) is 0.0769. The minimum Gasteiger partial charge on any atom is -0.206 e. The van der Waals surface area contributed by atoms with Crippen LogP contribution in [0.4, 0.5) is 4.39 Å². The molecule has 0 aliphatic carbocycles. The third-order valence-electron chi connectivity index (χ3n) is 2.41. The Labute approximate surface area is 90.0 Å². The van der Waals surface area contributed by atoms with Crippen LogP contribution >= 0.6 is 0 Å².